The highest BCUT2D eigenvalue weighted by Gasteiger charge is 2.15. The smallest absolute Gasteiger partial charge is 0.306 e. The van der Waals surface area contributed by atoms with Gasteiger partial charge in [0.25, 0.3) is 0 Å². The summed E-state index contributed by atoms with van der Waals surface area (Å²) in [6.07, 6.45) is 41.0. The van der Waals surface area contributed by atoms with Crippen LogP contribution in [0.3, 0.4) is 0 Å². The van der Waals surface area contributed by atoms with Gasteiger partial charge in [-0.25, -0.2) is 0 Å². The average molecular weight is 804 g/mol. The number of carbonyl (C=O) groups is 3. The van der Waals surface area contributed by atoms with Gasteiger partial charge in [0.15, 0.2) is 0 Å². The molecule has 0 aliphatic rings. The number of nitrogens with zero attached hydrogens (tertiary/aromatic N) is 1. The maximum absolute atomic E-state index is 12.7. The fourth-order valence-corrected chi connectivity index (χ4v) is 6.99. The molecule has 0 rings (SSSR count). The highest BCUT2D eigenvalue weighted by molar-refractivity contribution is 5.70. The van der Waals surface area contributed by atoms with Crippen LogP contribution in [-0.4, -0.2) is 62.3 Å². The van der Waals surface area contributed by atoms with E-state index in [1.165, 1.54) is 64.2 Å². The monoisotopic (exact) mass is 804 g/mol. The minimum atomic E-state index is -0.0420. The Labute approximate surface area is 353 Å². The molecule has 0 radical (unpaired) electrons. The predicted molar refractivity (Wildman–Crippen MR) is 241 cm³/mol. The van der Waals surface area contributed by atoms with Crippen LogP contribution in [0.25, 0.3) is 0 Å². The molecular weight excluding hydrogens is 711 g/mol. The van der Waals surface area contributed by atoms with Gasteiger partial charge < -0.3 is 19.1 Å². The molecule has 0 aromatic heterocycles. The van der Waals surface area contributed by atoms with Crippen LogP contribution >= 0.6 is 0 Å². The Balaban J connectivity index is 4.08. The van der Waals surface area contributed by atoms with Crippen LogP contribution in [0.15, 0.2) is 24.3 Å². The van der Waals surface area contributed by atoms with E-state index in [1.54, 1.807) is 0 Å². The van der Waals surface area contributed by atoms with E-state index in [-0.39, 0.29) is 24.0 Å². The Morgan fingerprint density at radius 2 is 0.807 bits per heavy atom. The van der Waals surface area contributed by atoms with E-state index < -0.39 is 0 Å². The fraction of sp³-hybridized carbons (Fsp3) is 0.860. The van der Waals surface area contributed by atoms with E-state index in [1.807, 2.05) is 0 Å². The molecular formula is C50H93NO6. The Morgan fingerprint density at radius 1 is 0.456 bits per heavy atom. The van der Waals surface area contributed by atoms with Gasteiger partial charge in [0, 0.05) is 19.3 Å². The van der Waals surface area contributed by atoms with Crippen LogP contribution in [0.2, 0.25) is 0 Å². The number of allylic oxidation sites excluding steroid dienone is 4. The van der Waals surface area contributed by atoms with Crippen molar-refractivity contribution in [2.24, 2.45) is 11.8 Å². The molecule has 0 bridgehead atoms. The molecule has 7 heteroatoms. The molecule has 0 saturated heterocycles. The van der Waals surface area contributed by atoms with Gasteiger partial charge in [-0.2, -0.15) is 0 Å². The number of esters is 3. The predicted octanol–water partition coefficient (Wildman–Crippen LogP) is 14.1. The summed E-state index contributed by atoms with van der Waals surface area (Å²) in [5.41, 5.74) is 0. The van der Waals surface area contributed by atoms with Crippen molar-refractivity contribution < 1.29 is 28.6 Å². The van der Waals surface area contributed by atoms with Gasteiger partial charge in [0.2, 0.25) is 0 Å². The highest BCUT2D eigenvalue weighted by atomic mass is 16.5. The first kappa shape index (κ1) is 54.9. The molecule has 0 aliphatic carbocycles. The fourth-order valence-electron chi connectivity index (χ4n) is 6.99. The molecule has 0 spiro atoms. The van der Waals surface area contributed by atoms with Crippen molar-refractivity contribution >= 4 is 17.9 Å². The first-order chi connectivity index (χ1) is 27.8. The Kier molecular flexibility index (Phi) is 40.4. The van der Waals surface area contributed by atoms with Crippen LogP contribution in [0.5, 0.6) is 0 Å². The van der Waals surface area contributed by atoms with Crippen LogP contribution in [0.4, 0.5) is 0 Å². The summed E-state index contributed by atoms with van der Waals surface area (Å²) in [5, 5.41) is 0. The lowest BCUT2D eigenvalue weighted by atomic mass is 10.0. The van der Waals surface area contributed by atoms with Crippen molar-refractivity contribution in [1.29, 1.82) is 0 Å². The summed E-state index contributed by atoms with van der Waals surface area (Å²) in [7, 11) is 2.10. The SMILES string of the molecule is CCC(CC)COC(=O)CCCC/C=C\CCCCCCCCC(CCCCCCCC/C=C\CCCCC(=O)OCC(CC)CC)OC(=O)CCCN(C)CC. The summed E-state index contributed by atoms with van der Waals surface area (Å²) >= 11 is 0. The second-order valence-electron chi connectivity index (χ2n) is 16.7. The van der Waals surface area contributed by atoms with Gasteiger partial charge in [-0.05, 0) is 128 Å². The zero-order valence-electron chi connectivity index (χ0n) is 38.5. The number of ether oxygens (including phenoxy) is 3. The van der Waals surface area contributed by atoms with Crippen LogP contribution in [0.1, 0.15) is 227 Å². The quantitative estimate of drug-likeness (QED) is 0.0263. The number of unbranched alkanes of at least 4 members (excludes halogenated alkanes) is 16. The maximum atomic E-state index is 12.7. The Morgan fingerprint density at radius 3 is 1.19 bits per heavy atom. The summed E-state index contributed by atoms with van der Waals surface area (Å²) in [4.78, 5) is 38.8. The molecule has 0 amide bonds. The first-order valence-electron chi connectivity index (χ1n) is 24.3. The Hall–Kier alpha value is -2.15. The van der Waals surface area contributed by atoms with Crippen molar-refractivity contribution in [2.75, 3.05) is 33.4 Å². The summed E-state index contributed by atoms with van der Waals surface area (Å²) in [6.45, 7) is 13.8. The molecule has 57 heavy (non-hydrogen) atoms. The van der Waals surface area contributed by atoms with E-state index in [2.05, 4.69) is 70.9 Å². The molecule has 0 atom stereocenters. The molecule has 0 heterocycles. The molecule has 7 nitrogen and oxygen atoms in total. The van der Waals surface area contributed by atoms with Gasteiger partial charge in [-0.1, -0.05) is 136 Å². The lowest BCUT2D eigenvalue weighted by molar-refractivity contribution is -0.150. The van der Waals surface area contributed by atoms with Gasteiger partial charge in [0.1, 0.15) is 6.10 Å². The lowest BCUT2D eigenvalue weighted by Gasteiger charge is -2.19. The minimum Gasteiger partial charge on any atom is -0.465 e. The van der Waals surface area contributed by atoms with E-state index in [0.29, 0.717) is 44.3 Å². The Bertz CT molecular complexity index is 910. The molecule has 0 fully saturated rings. The van der Waals surface area contributed by atoms with Crippen molar-refractivity contribution in [1.82, 2.24) is 4.90 Å². The third-order valence-corrected chi connectivity index (χ3v) is 11.7. The largest absolute Gasteiger partial charge is 0.465 e. The molecule has 0 unspecified atom stereocenters. The van der Waals surface area contributed by atoms with Crippen molar-refractivity contribution in [3.05, 3.63) is 24.3 Å². The molecule has 0 aliphatic heterocycles. The van der Waals surface area contributed by atoms with Gasteiger partial charge in [0.05, 0.1) is 13.2 Å². The number of hydrogen-bond donors (Lipinski definition) is 0. The van der Waals surface area contributed by atoms with Gasteiger partial charge in [-0.15, -0.1) is 0 Å². The summed E-state index contributed by atoms with van der Waals surface area (Å²) in [5.74, 6) is 0.894. The second-order valence-corrected chi connectivity index (χ2v) is 16.7. The van der Waals surface area contributed by atoms with Crippen molar-refractivity contribution in [2.45, 2.75) is 233 Å². The topological polar surface area (TPSA) is 82.1 Å². The van der Waals surface area contributed by atoms with Crippen molar-refractivity contribution in [3.63, 3.8) is 0 Å². The second kappa shape index (κ2) is 42.0. The molecule has 0 aromatic rings. The zero-order chi connectivity index (χ0) is 42.0. The summed E-state index contributed by atoms with van der Waals surface area (Å²) in [6, 6.07) is 0. The molecule has 0 N–H and O–H groups in total. The van der Waals surface area contributed by atoms with Crippen LogP contribution in [-0.2, 0) is 28.6 Å². The molecule has 334 valence electrons. The third-order valence-electron chi connectivity index (χ3n) is 11.7. The van der Waals surface area contributed by atoms with Crippen molar-refractivity contribution in [3.8, 4) is 0 Å². The average Bonchev–Trinajstić information content (AvgIpc) is 3.21. The van der Waals surface area contributed by atoms with E-state index in [0.717, 1.165) is 122 Å². The standard InChI is InChI=1S/C50H93NO6/c1-7-45(8-2)43-55-48(52)39-34-30-26-22-18-14-12-16-20-24-28-32-37-47(57-50(54)41-36-42-51(6)11-5)38-33-29-25-21-17-13-15-19-23-27-31-35-40-49(53)56-44-46(9-3)10-4/h18-19,22-23,45-47H,7-17,20-21,24-44H2,1-6H3/b22-18-,23-19-. The summed E-state index contributed by atoms with van der Waals surface area (Å²) < 4.78 is 16.9. The van der Waals surface area contributed by atoms with Crippen LogP contribution < -0.4 is 0 Å². The first-order valence-corrected chi connectivity index (χ1v) is 24.3. The van der Waals surface area contributed by atoms with Crippen LogP contribution in [0, 0.1) is 11.8 Å². The third kappa shape index (κ3) is 37.8. The van der Waals surface area contributed by atoms with E-state index in [4.69, 9.17) is 14.2 Å². The van der Waals surface area contributed by atoms with Gasteiger partial charge in [-0.3, -0.25) is 14.4 Å². The number of hydrogen-bond acceptors (Lipinski definition) is 7. The van der Waals surface area contributed by atoms with E-state index >= 15 is 0 Å². The minimum absolute atomic E-state index is 0.0179. The maximum Gasteiger partial charge on any atom is 0.306 e. The van der Waals surface area contributed by atoms with Gasteiger partial charge >= 0.3 is 17.9 Å². The highest BCUT2D eigenvalue weighted by Crippen LogP contribution is 2.19. The zero-order valence-corrected chi connectivity index (χ0v) is 38.5. The lowest BCUT2D eigenvalue weighted by Crippen LogP contribution is -2.22. The number of rotatable bonds is 42. The van der Waals surface area contributed by atoms with E-state index in [9.17, 15) is 14.4 Å². The number of carbonyl (C=O) groups excluding carboxylic acids is 3. The normalized spacial score (nSPS) is 12.0. The molecule has 0 saturated carbocycles. The molecule has 0 aromatic carbocycles.